The molecule has 3 saturated heterocycles. The molecule has 0 spiro atoms. The minimum absolute atomic E-state index is 0.0970. The maximum Gasteiger partial charge on any atom is 0.408 e. The predicted molar refractivity (Wildman–Crippen MR) is 220 cm³/mol. The van der Waals surface area contributed by atoms with Crippen molar-refractivity contribution in [2.45, 2.75) is 89.2 Å². The molecule has 4 N–H and O–H groups in total. The lowest BCUT2D eigenvalue weighted by atomic mass is 9.98. The van der Waals surface area contributed by atoms with Gasteiger partial charge in [-0.2, -0.15) is 0 Å². The van der Waals surface area contributed by atoms with Gasteiger partial charge in [0.25, 0.3) is 0 Å². The third-order valence-electron chi connectivity index (χ3n) is 11.8. The first-order valence-corrected chi connectivity index (χ1v) is 20.4. The van der Waals surface area contributed by atoms with Crippen molar-refractivity contribution in [3.63, 3.8) is 0 Å². The van der Waals surface area contributed by atoms with E-state index in [1.54, 1.807) is 6.20 Å². The highest BCUT2D eigenvalue weighted by molar-refractivity contribution is 5.87. The van der Waals surface area contributed by atoms with Gasteiger partial charge in [0.15, 0.2) is 0 Å². The lowest BCUT2D eigenvalue weighted by Crippen LogP contribution is -2.54. The number of aromatic amines is 2. The predicted octanol–water partition coefficient (Wildman–Crippen LogP) is 7.30. The van der Waals surface area contributed by atoms with Crippen LogP contribution in [0.15, 0.2) is 91.3 Å². The van der Waals surface area contributed by atoms with Crippen molar-refractivity contribution in [2.24, 2.45) is 5.92 Å². The standard InChI is InChI=1S/C45H50N8O6/c1-27(2)39(51-44(56)58-3)43(55)52-23-7-10-37(52)40-46-24-35(48-40)31-15-11-29(12-16-31)30-13-17-32(18-14-30)36-25-47-41(49-36)38-22-20-33-19-21-34(42(54)53(33)38)50-45(57)59-26-28-8-5-4-6-9-28/h4-6,8-9,11-18,24-25,27,33-34,37-39H,7,10,19-23,26H2,1-3H3,(H,46,48)(H,47,49)(H,50,57)(H,51,56)/t33-,34-,37-,38-,39-/m0/s1. The average molecular weight is 799 g/mol. The number of imidazole rings is 2. The van der Waals surface area contributed by atoms with E-state index in [4.69, 9.17) is 14.5 Å². The number of H-pyrrole nitrogens is 2. The van der Waals surface area contributed by atoms with Gasteiger partial charge in [-0.05, 0) is 72.3 Å². The summed E-state index contributed by atoms with van der Waals surface area (Å²) in [6.07, 6.45) is 7.12. The number of alkyl carbamates (subject to hydrolysis) is 2. The quantitative estimate of drug-likeness (QED) is 0.108. The number of fused-ring (bicyclic) bond motifs is 1. The van der Waals surface area contributed by atoms with Gasteiger partial charge < -0.3 is 39.9 Å². The van der Waals surface area contributed by atoms with Crippen LogP contribution in [0.1, 0.15) is 81.7 Å². The fourth-order valence-electron chi connectivity index (χ4n) is 8.65. The number of piperidine rings is 1. The van der Waals surface area contributed by atoms with E-state index in [0.29, 0.717) is 13.0 Å². The molecule has 5 atom stereocenters. The van der Waals surface area contributed by atoms with Crippen LogP contribution in [0.4, 0.5) is 9.59 Å². The second kappa shape index (κ2) is 17.2. The molecule has 5 aromatic rings. The Labute approximate surface area is 343 Å². The van der Waals surface area contributed by atoms with Gasteiger partial charge in [-0.25, -0.2) is 19.6 Å². The fraction of sp³-hybridized carbons (Fsp3) is 0.378. The van der Waals surface area contributed by atoms with Gasteiger partial charge in [-0.3, -0.25) is 9.59 Å². The average Bonchev–Trinajstić information content (AvgIpc) is 4.10. The van der Waals surface area contributed by atoms with Gasteiger partial charge in [0.05, 0.1) is 43.0 Å². The van der Waals surface area contributed by atoms with Crippen molar-refractivity contribution in [1.82, 2.24) is 40.4 Å². The van der Waals surface area contributed by atoms with Crippen molar-refractivity contribution in [3.05, 3.63) is 108 Å². The largest absolute Gasteiger partial charge is 0.453 e. The lowest BCUT2D eigenvalue weighted by molar-refractivity contribution is -0.139. The molecule has 3 aromatic carbocycles. The Kier molecular flexibility index (Phi) is 11.5. The van der Waals surface area contributed by atoms with Crippen molar-refractivity contribution >= 4 is 24.0 Å². The van der Waals surface area contributed by atoms with E-state index < -0.39 is 24.3 Å². The summed E-state index contributed by atoms with van der Waals surface area (Å²) in [6.45, 7) is 4.54. The number of nitrogens with zero attached hydrogens (tertiary/aromatic N) is 4. The third-order valence-corrected chi connectivity index (χ3v) is 11.8. The Balaban J connectivity index is 0.886. The Morgan fingerprint density at radius 3 is 1.97 bits per heavy atom. The minimum Gasteiger partial charge on any atom is -0.453 e. The van der Waals surface area contributed by atoms with Crippen LogP contribution in [-0.2, 0) is 25.7 Å². The molecule has 3 fully saturated rings. The van der Waals surface area contributed by atoms with E-state index in [0.717, 1.165) is 83.0 Å². The van der Waals surface area contributed by atoms with Crippen LogP contribution in [0.3, 0.4) is 0 Å². The molecule has 3 aliphatic heterocycles. The van der Waals surface area contributed by atoms with E-state index in [1.165, 1.54) is 7.11 Å². The van der Waals surface area contributed by atoms with Crippen LogP contribution in [-0.4, -0.2) is 85.5 Å². The SMILES string of the molecule is COC(=O)N[C@H](C(=O)N1CCC[C@H]1c1ncc(-c2ccc(-c3ccc(-c4cnc([C@@H]5CC[C@@H]6CC[C@H](NC(=O)OCc7ccccc7)C(=O)N65)[nH]4)cc3)cc2)[nH]1)C(C)C. The molecule has 3 aliphatic rings. The molecular formula is C45H50N8O6. The van der Waals surface area contributed by atoms with Crippen molar-refractivity contribution in [2.75, 3.05) is 13.7 Å². The molecular weight excluding hydrogens is 749 g/mol. The smallest absolute Gasteiger partial charge is 0.408 e. The summed E-state index contributed by atoms with van der Waals surface area (Å²) in [4.78, 5) is 71.9. The van der Waals surface area contributed by atoms with Gasteiger partial charge in [0.2, 0.25) is 11.8 Å². The highest BCUT2D eigenvalue weighted by atomic mass is 16.5. The normalized spacial score (nSPS) is 20.6. The zero-order valence-electron chi connectivity index (χ0n) is 33.5. The number of hydrogen-bond acceptors (Lipinski definition) is 8. The van der Waals surface area contributed by atoms with Crippen LogP contribution in [0.2, 0.25) is 0 Å². The topological polar surface area (TPSA) is 175 Å². The lowest BCUT2D eigenvalue weighted by Gasteiger charge is -2.37. The van der Waals surface area contributed by atoms with E-state index in [-0.39, 0.29) is 42.5 Å². The first-order valence-electron chi connectivity index (χ1n) is 20.4. The van der Waals surface area contributed by atoms with Gasteiger partial charge in [-0.1, -0.05) is 92.7 Å². The summed E-state index contributed by atoms with van der Waals surface area (Å²) in [5.74, 6) is 1.12. The molecule has 0 radical (unpaired) electrons. The zero-order valence-corrected chi connectivity index (χ0v) is 33.5. The summed E-state index contributed by atoms with van der Waals surface area (Å²) in [7, 11) is 1.29. The summed E-state index contributed by atoms with van der Waals surface area (Å²) in [5, 5.41) is 5.50. The van der Waals surface area contributed by atoms with Crippen molar-refractivity contribution in [1.29, 1.82) is 0 Å². The number of likely N-dealkylation sites (tertiary alicyclic amines) is 1. The van der Waals surface area contributed by atoms with E-state index >= 15 is 0 Å². The highest BCUT2D eigenvalue weighted by Gasteiger charge is 2.45. The van der Waals surface area contributed by atoms with E-state index in [9.17, 15) is 19.2 Å². The van der Waals surface area contributed by atoms with Crippen LogP contribution in [0.5, 0.6) is 0 Å². The molecule has 0 unspecified atom stereocenters. The number of amides is 4. The zero-order chi connectivity index (χ0) is 41.0. The Bertz CT molecular complexity index is 2270. The Hall–Kier alpha value is -6.44. The molecule has 8 rings (SSSR count). The molecule has 4 amide bonds. The number of benzene rings is 3. The maximum absolute atomic E-state index is 13.7. The van der Waals surface area contributed by atoms with E-state index in [2.05, 4.69) is 74.1 Å². The van der Waals surface area contributed by atoms with Crippen LogP contribution < -0.4 is 10.6 Å². The molecule has 14 heteroatoms. The molecule has 14 nitrogen and oxygen atoms in total. The number of methoxy groups -OCH3 is 1. The molecule has 59 heavy (non-hydrogen) atoms. The summed E-state index contributed by atoms with van der Waals surface area (Å²) in [6, 6.07) is 24.4. The number of aromatic nitrogens is 4. The van der Waals surface area contributed by atoms with Gasteiger partial charge >= 0.3 is 12.2 Å². The second-order valence-corrected chi connectivity index (χ2v) is 15.9. The number of carbonyl (C=O) groups is 4. The summed E-state index contributed by atoms with van der Waals surface area (Å²) < 4.78 is 10.2. The van der Waals surface area contributed by atoms with Gasteiger partial charge in [0.1, 0.15) is 30.3 Å². The minimum atomic E-state index is -0.689. The Morgan fingerprint density at radius 1 is 0.763 bits per heavy atom. The van der Waals surface area contributed by atoms with Gasteiger partial charge in [0, 0.05) is 12.6 Å². The maximum atomic E-state index is 13.7. The molecule has 306 valence electrons. The monoisotopic (exact) mass is 798 g/mol. The van der Waals surface area contributed by atoms with Gasteiger partial charge in [-0.15, -0.1) is 0 Å². The van der Waals surface area contributed by atoms with Crippen LogP contribution in [0, 0.1) is 5.92 Å². The summed E-state index contributed by atoms with van der Waals surface area (Å²) >= 11 is 0. The molecule has 0 bridgehead atoms. The van der Waals surface area contributed by atoms with Crippen LogP contribution >= 0.6 is 0 Å². The van der Waals surface area contributed by atoms with E-state index in [1.807, 2.05) is 60.2 Å². The number of rotatable bonds is 11. The number of carbonyl (C=O) groups excluding carboxylic acids is 4. The number of ether oxygens (including phenoxy) is 2. The molecule has 2 aromatic heterocycles. The van der Waals surface area contributed by atoms with Crippen molar-refractivity contribution < 1.29 is 28.7 Å². The van der Waals surface area contributed by atoms with Crippen molar-refractivity contribution in [3.8, 4) is 33.6 Å². The first kappa shape index (κ1) is 39.4. The fourth-order valence-corrected chi connectivity index (χ4v) is 8.65. The van der Waals surface area contributed by atoms with Crippen LogP contribution in [0.25, 0.3) is 33.6 Å². The molecule has 0 aliphatic carbocycles. The third kappa shape index (κ3) is 8.43. The summed E-state index contributed by atoms with van der Waals surface area (Å²) in [5.41, 5.74) is 6.68. The molecule has 0 saturated carbocycles. The first-order chi connectivity index (χ1) is 28.7. The number of nitrogens with one attached hydrogen (secondary N) is 4. The Morgan fingerprint density at radius 2 is 1.36 bits per heavy atom. The number of hydrogen-bond donors (Lipinski definition) is 4. The molecule has 5 heterocycles. The second-order valence-electron chi connectivity index (χ2n) is 15.9. The highest BCUT2D eigenvalue weighted by Crippen LogP contribution is 2.41.